The van der Waals surface area contributed by atoms with Crippen LogP contribution in [0.3, 0.4) is 0 Å². The molecule has 2 aliphatic rings. The van der Waals surface area contributed by atoms with Crippen LogP contribution in [0.5, 0.6) is 0 Å². The summed E-state index contributed by atoms with van der Waals surface area (Å²) >= 11 is 0. The Morgan fingerprint density at radius 3 is 2.08 bits per heavy atom. The summed E-state index contributed by atoms with van der Waals surface area (Å²) in [7, 11) is 0. The number of carbonyl (C=O) groups excluding carboxylic acids is 1. The molecule has 1 fully saturated rings. The molecule has 0 aromatic heterocycles. The number of benzene rings is 4. The summed E-state index contributed by atoms with van der Waals surface area (Å²) in [4.78, 5) is 19.5. The van der Waals surface area contributed by atoms with Crippen LogP contribution in [0.25, 0.3) is 10.8 Å². The highest BCUT2D eigenvalue weighted by atomic mass is 16.1. The molecule has 0 radical (unpaired) electrons. The minimum Gasteiger partial charge on any atom is -0.370 e. The molecule has 4 aromatic carbocycles. The lowest BCUT2D eigenvalue weighted by molar-refractivity contribution is 0.0892. The minimum absolute atomic E-state index is 0.265. The van der Waals surface area contributed by atoms with Crippen LogP contribution in [-0.2, 0) is 18.3 Å². The van der Waals surface area contributed by atoms with Crippen molar-refractivity contribution in [1.29, 1.82) is 0 Å². The topological polar surface area (TPSA) is 23.6 Å². The zero-order chi connectivity index (χ0) is 24.5. The fourth-order valence-corrected chi connectivity index (χ4v) is 6.47. The highest BCUT2D eigenvalue weighted by Gasteiger charge is 2.47. The van der Waals surface area contributed by atoms with Crippen LogP contribution in [0, 0.1) is 0 Å². The lowest BCUT2D eigenvalue weighted by Gasteiger charge is -2.31. The van der Waals surface area contributed by atoms with Gasteiger partial charge in [0, 0.05) is 36.3 Å². The highest BCUT2D eigenvalue weighted by molar-refractivity contribution is 6.22. The molecule has 0 unspecified atom stereocenters. The van der Waals surface area contributed by atoms with Crippen molar-refractivity contribution >= 4 is 22.2 Å². The Kier molecular flexibility index (Phi) is 6.10. The molecule has 0 bridgehead atoms. The van der Waals surface area contributed by atoms with Gasteiger partial charge < -0.3 is 9.80 Å². The predicted octanol–water partition coefficient (Wildman–Crippen LogP) is 6.29. The van der Waals surface area contributed by atoms with Gasteiger partial charge in [-0.05, 0) is 60.5 Å². The first-order valence-electron chi connectivity index (χ1n) is 13.4. The van der Waals surface area contributed by atoms with Gasteiger partial charge in [0.2, 0.25) is 0 Å². The third-order valence-electron chi connectivity index (χ3n) is 8.29. The van der Waals surface area contributed by atoms with Crippen LogP contribution in [-0.4, -0.2) is 43.4 Å². The van der Waals surface area contributed by atoms with Crippen LogP contribution in [0.1, 0.15) is 40.4 Å². The van der Waals surface area contributed by atoms with Crippen LogP contribution in [0.4, 0.5) is 5.69 Å². The summed E-state index contributed by atoms with van der Waals surface area (Å²) < 4.78 is 0. The summed E-state index contributed by atoms with van der Waals surface area (Å²) in [6.07, 6.45) is 2.58. The van der Waals surface area contributed by atoms with E-state index in [-0.39, 0.29) is 5.78 Å². The number of ketones is 1. The van der Waals surface area contributed by atoms with Gasteiger partial charge in [0.25, 0.3) is 0 Å². The third kappa shape index (κ3) is 3.92. The molecule has 0 spiro atoms. The molecule has 6 rings (SSSR count). The van der Waals surface area contributed by atoms with Crippen LogP contribution < -0.4 is 4.90 Å². The van der Waals surface area contributed by atoms with Crippen molar-refractivity contribution in [3.05, 3.63) is 113 Å². The Morgan fingerprint density at radius 1 is 0.722 bits per heavy atom. The van der Waals surface area contributed by atoms with Gasteiger partial charge in [0.15, 0.2) is 5.78 Å². The molecule has 3 nitrogen and oxygen atoms in total. The summed E-state index contributed by atoms with van der Waals surface area (Å²) in [5.41, 5.74) is 5.18. The maximum absolute atomic E-state index is 14.4. The summed E-state index contributed by atoms with van der Waals surface area (Å²) in [6, 6.07) is 32.0. The van der Waals surface area contributed by atoms with E-state index in [0.29, 0.717) is 12.8 Å². The van der Waals surface area contributed by atoms with Gasteiger partial charge in [-0.25, -0.2) is 0 Å². The summed E-state index contributed by atoms with van der Waals surface area (Å²) in [5.74, 6) is 0.265. The molecule has 36 heavy (non-hydrogen) atoms. The molecule has 4 aromatic rings. The Morgan fingerprint density at radius 2 is 1.42 bits per heavy atom. The molecule has 1 heterocycles. The molecule has 1 aliphatic heterocycles. The smallest absolute Gasteiger partial charge is 0.174 e. The fourth-order valence-electron chi connectivity index (χ4n) is 6.47. The van der Waals surface area contributed by atoms with E-state index in [9.17, 15) is 4.79 Å². The van der Waals surface area contributed by atoms with Crippen molar-refractivity contribution in [3.8, 4) is 0 Å². The van der Waals surface area contributed by atoms with Crippen molar-refractivity contribution in [2.45, 2.75) is 31.6 Å². The number of likely N-dealkylation sites (N-methyl/N-ethyl adjacent to an activating group) is 1. The van der Waals surface area contributed by atoms with Gasteiger partial charge >= 0.3 is 0 Å². The molecule has 0 saturated carbocycles. The van der Waals surface area contributed by atoms with E-state index in [1.807, 2.05) is 12.1 Å². The van der Waals surface area contributed by atoms with Gasteiger partial charge in [0.1, 0.15) is 0 Å². The Labute approximate surface area is 214 Å². The number of hydrogen-bond acceptors (Lipinski definition) is 3. The van der Waals surface area contributed by atoms with Gasteiger partial charge in [-0.2, -0.15) is 0 Å². The number of nitrogens with zero attached hydrogens (tertiary/aromatic N) is 2. The van der Waals surface area contributed by atoms with Gasteiger partial charge in [-0.3, -0.25) is 4.79 Å². The Bertz CT molecular complexity index is 1340. The number of carbonyl (C=O) groups is 1. The molecule has 0 N–H and O–H groups in total. The lowest BCUT2D eigenvalue weighted by atomic mass is 9.71. The first-order chi connectivity index (χ1) is 17.7. The van der Waals surface area contributed by atoms with Crippen LogP contribution in [0.2, 0.25) is 0 Å². The molecule has 1 aliphatic carbocycles. The Hall–Kier alpha value is -3.43. The van der Waals surface area contributed by atoms with Crippen molar-refractivity contribution in [2.75, 3.05) is 37.6 Å². The quantitative estimate of drug-likeness (QED) is 0.328. The van der Waals surface area contributed by atoms with Crippen LogP contribution >= 0.6 is 0 Å². The summed E-state index contributed by atoms with van der Waals surface area (Å²) in [5, 5.41) is 2.40. The predicted molar refractivity (Wildman–Crippen MR) is 149 cm³/mol. The first-order valence-corrected chi connectivity index (χ1v) is 13.4. The summed E-state index contributed by atoms with van der Waals surface area (Å²) in [6.45, 7) is 7.68. The molecule has 0 atom stereocenters. The number of anilines is 1. The second-order valence-electron chi connectivity index (χ2n) is 10.4. The van der Waals surface area contributed by atoms with Gasteiger partial charge in [0.05, 0.1) is 5.41 Å². The maximum atomic E-state index is 14.4. The van der Waals surface area contributed by atoms with E-state index >= 15 is 0 Å². The third-order valence-corrected chi connectivity index (χ3v) is 8.29. The van der Waals surface area contributed by atoms with E-state index in [1.165, 1.54) is 39.6 Å². The van der Waals surface area contributed by atoms with Crippen molar-refractivity contribution in [3.63, 3.8) is 0 Å². The van der Waals surface area contributed by atoms with Crippen molar-refractivity contribution in [1.82, 2.24) is 4.90 Å². The second-order valence-corrected chi connectivity index (χ2v) is 10.4. The van der Waals surface area contributed by atoms with Crippen molar-refractivity contribution < 1.29 is 4.79 Å². The average molecular weight is 475 g/mol. The molecular weight excluding hydrogens is 440 g/mol. The number of hydrogen-bond donors (Lipinski definition) is 0. The molecule has 3 heteroatoms. The zero-order valence-corrected chi connectivity index (χ0v) is 21.1. The number of rotatable bonds is 6. The number of Topliss-reactive ketones (excluding diaryl/α,β-unsaturated/α-hetero) is 1. The van der Waals surface area contributed by atoms with Gasteiger partial charge in [-0.1, -0.05) is 91.9 Å². The maximum Gasteiger partial charge on any atom is 0.174 e. The molecule has 1 saturated heterocycles. The molecule has 182 valence electrons. The zero-order valence-electron chi connectivity index (χ0n) is 21.1. The SMILES string of the molecule is CCN1CCCN(c2ccc3c4c(cccc24)C(=O)C3(Cc2ccccc2)Cc2ccccc2)CC1. The minimum atomic E-state index is -0.596. The fraction of sp³-hybridized carbons (Fsp3) is 0.303. The Balaban J connectivity index is 1.49. The lowest BCUT2D eigenvalue weighted by Crippen LogP contribution is -2.37. The molecule has 0 amide bonds. The second kappa shape index (κ2) is 9.55. The standard InChI is InChI=1S/C33H34N2O/c1-2-34-19-10-20-35(22-21-34)30-18-17-29-31-27(30)15-9-16-28(31)32(36)33(29,23-25-11-5-3-6-12-25)24-26-13-7-4-8-14-26/h3-9,11-18H,2,10,19-24H2,1H3. The van der Waals surface area contributed by atoms with Crippen LogP contribution in [0.15, 0.2) is 91.0 Å². The normalized spacial score (nSPS) is 17.5. The van der Waals surface area contributed by atoms with E-state index < -0.39 is 5.41 Å². The highest BCUT2D eigenvalue weighted by Crippen LogP contribution is 2.48. The van der Waals surface area contributed by atoms with E-state index in [4.69, 9.17) is 0 Å². The van der Waals surface area contributed by atoms with Gasteiger partial charge in [-0.15, -0.1) is 0 Å². The van der Waals surface area contributed by atoms with E-state index in [0.717, 1.165) is 38.3 Å². The average Bonchev–Trinajstić information content (AvgIpc) is 3.07. The first kappa shape index (κ1) is 23.0. The van der Waals surface area contributed by atoms with E-state index in [2.05, 4.69) is 95.6 Å². The largest absolute Gasteiger partial charge is 0.370 e. The molecular formula is C33H34N2O. The van der Waals surface area contributed by atoms with Crippen molar-refractivity contribution in [2.24, 2.45) is 0 Å². The van der Waals surface area contributed by atoms with E-state index in [1.54, 1.807) is 0 Å². The monoisotopic (exact) mass is 474 g/mol.